The van der Waals surface area contributed by atoms with E-state index in [-0.39, 0.29) is 18.3 Å². The number of nitrogens with one attached hydrogen (secondary N) is 2. The van der Waals surface area contributed by atoms with Gasteiger partial charge in [-0.3, -0.25) is 4.79 Å². The molecule has 0 radical (unpaired) electrons. The van der Waals surface area contributed by atoms with E-state index in [1.807, 2.05) is 24.3 Å². The maximum absolute atomic E-state index is 12.1. The third-order valence-electron chi connectivity index (χ3n) is 3.93. The number of fused-ring (bicyclic) bond motifs is 1. The zero-order valence-corrected chi connectivity index (χ0v) is 13.9. The zero-order valence-electron chi connectivity index (χ0n) is 13.1. The molecule has 0 unspecified atom stereocenters. The second-order valence-corrected chi connectivity index (χ2v) is 5.47. The molecule has 2 aromatic rings. The molecule has 0 atom stereocenters. The topological polar surface area (TPSA) is 50.4 Å². The zero-order chi connectivity index (χ0) is 15.4. The largest absolute Gasteiger partial charge is 0.496 e. The van der Waals surface area contributed by atoms with Crippen LogP contribution in [0.15, 0.2) is 42.5 Å². The number of para-hydroxylation sites is 1. The van der Waals surface area contributed by atoms with Gasteiger partial charge in [0.25, 0.3) is 0 Å². The number of carbonyl (C=O) groups excluding carboxylic acids is 1. The van der Waals surface area contributed by atoms with Crippen LogP contribution in [0.25, 0.3) is 0 Å². The summed E-state index contributed by atoms with van der Waals surface area (Å²) < 4.78 is 5.27. The Labute approximate surface area is 142 Å². The summed E-state index contributed by atoms with van der Waals surface area (Å²) in [6.45, 7) is 2.41. The van der Waals surface area contributed by atoms with Gasteiger partial charge in [0.1, 0.15) is 5.75 Å². The maximum atomic E-state index is 12.1. The van der Waals surface area contributed by atoms with Gasteiger partial charge in [0, 0.05) is 25.2 Å². The number of methoxy groups -OCH3 is 1. The average Bonchev–Trinajstić information content (AvgIpc) is 3.01. The van der Waals surface area contributed by atoms with Crippen LogP contribution in [0.3, 0.4) is 0 Å². The van der Waals surface area contributed by atoms with Gasteiger partial charge in [0.05, 0.1) is 13.5 Å². The quantitative estimate of drug-likeness (QED) is 0.885. The van der Waals surface area contributed by atoms with E-state index in [1.165, 1.54) is 11.1 Å². The summed E-state index contributed by atoms with van der Waals surface area (Å²) in [7, 11) is 1.62. The Kier molecular flexibility index (Phi) is 6.02. The number of hydrogen-bond acceptors (Lipinski definition) is 3. The molecule has 1 aliphatic rings. The molecule has 5 heteroatoms. The second kappa shape index (κ2) is 7.99. The van der Waals surface area contributed by atoms with E-state index >= 15 is 0 Å². The van der Waals surface area contributed by atoms with Gasteiger partial charge in [-0.05, 0) is 22.8 Å². The molecule has 1 aliphatic heterocycles. The fourth-order valence-corrected chi connectivity index (χ4v) is 2.74. The highest BCUT2D eigenvalue weighted by atomic mass is 35.5. The number of hydrogen-bond donors (Lipinski definition) is 2. The lowest BCUT2D eigenvalue weighted by atomic mass is 10.1. The molecule has 0 aromatic heterocycles. The van der Waals surface area contributed by atoms with E-state index in [9.17, 15) is 4.79 Å². The van der Waals surface area contributed by atoms with Gasteiger partial charge in [0.15, 0.2) is 0 Å². The lowest BCUT2D eigenvalue weighted by molar-refractivity contribution is -0.120. The molecule has 0 bridgehead atoms. The van der Waals surface area contributed by atoms with Crippen molar-refractivity contribution in [2.75, 3.05) is 7.11 Å². The van der Waals surface area contributed by atoms with Crippen molar-refractivity contribution in [2.45, 2.75) is 26.1 Å². The number of carbonyl (C=O) groups is 1. The van der Waals surface area contributed by atoms with Crippen LogP contribution in [0.5, 0.6) is 5.75 Å². The van der Waals surface area contributed by atoms with Gasteiger partial charge in [-0.15, -0.1) is 12.4 Å². The van der Waals surface area contributed by atoms with Gasteiger partial charge in [-0.2, -0.15) is 0 Å². The highest BCUT2D eigenvalue weighted by Crippen LogP contribution is 2.18. The van der Waals surface area contributed by atoms with Crippen molar-refractivity contribution < 1.29 is 9.53 Å². The molecular formula is C18H21ClN2O2. The lowest BCUT2D eigenvalue weighted by Gasteiger charge is -2.09. The van der Waals surface area contributed by atoms with Gasteiger partial charge < -0.3 is 15.4 Å². The Balaban J connectivity index is 0.00000192. The van der Waals surface area contributed by atoms with Crippen LogP contribution >= 0.6 is 12.4 Å². The second-order valence-electron chi connectivity index (χ2n) is 5.47. The molecule has 3 rings (SSSR count). The summed E-state index contributed by atoms with van der Waals surface area (Å²) in [5.41, 5.74) is 4.72. The van der Waals surface area contributed by atoms with Crippen LogP contribution in [0.4, 0.5) is 0 Å². The molecule has 0 saturated carbocycles. The molecule has 23 heavy (non-hydrogen) atoms. The van der Waals surface area contributed by atoms with E-state index in [1.54, 1.807) is 7.11 Å². The lowest BCUT2D eigenvalue weighted by Crippen LogP contribution is -2.24. The smallest absolute Gasteiger partial charge is 0.224 e. The first-order valence-corrected chi connectivity index (χ1v) is 7.46. The molecule has 1 amide bonds. The average molecular weight is 333 g/mol. The normalized spacial score (nSPS) is 12.2. The summed E-state index contributed by atoms with van der Waals surface area (Å²) in [5, 5.41) is 6.30. The minimum Gasteiger partial charge on any atom is -0.496 e. The van der Waals surface area contributed by atoms with E-state index in [0.717, 1.165) is 30.0 Å². The predicted octanol–water partition coefficient (Wildman–Crippen LogP) is 2.58. The van der Waals surface area contributed by atoms with Crippen LogP contribution < -0.4 is 15.4 Å². The van der Waals surface area contributed by atoms with Crippen LogP contribution in [0.1, 0.15) is 22.3 Å². The Hall–Kier alpha value is -2.04. The summed E-state index contributed by atoms with van der Waals surface area (Å²) in [4.78, 5) is 12.1. The molecule has 2 aromatic carbocycles. The van der Waals surface area contributed by atoms with Crippen molar-refractivity contribution >= 4 is 18.3 Å². The van der Waals surface area contributed by atoms with Gasteiger partial charge in [0.2, 0.25) is 5.91 Å². The fraction of sp³-hybridized carbons (Fsp3) is 0.278. The first-order chi connectivity index (χ1) is 10.8. The number of benzene rings is 2. The van der Waals surface area contributed by atoms with Crippen molar-refractivity contribution in [3.63, 3.8) is 0 Å². The van der Waals surface area contributed by atoms with Crippen LogP contribution in [0, 0.1) is 0 Å². The van der Waals surface area contributed by atoms with E-state index in [0.29, 0.717) is 13.0 Å². The van der Waals surface area contributed by atoms with Crippen molar-refractivity contribution in [3.8, 4) is 5.75 Å². The first kappa shape index (κ1) is 17.3. The molecule has 0 fully saturated rings. The summed E-state index contributed by atoms with van der Waals surface area (Å²) in [6, 6.07) is 14.0. The van der Waals surface area contributed by atoms with Gasteiger partial charge in [-0.25, -0.2) is 0 Å². The molecule has 2 N–H and O–H groups in total. The highest BCUT2D eigenvalue weighted by molar-refractivity contribution is 5.85. The van der Waals surface area contributed by atoms with E-state index < -0.39 is 0 Å². The first-order valence-electron chi connectivity index (χ1n) is 7.46. The standard InChI is InChI=1S/C18H20N2O2.ClH/c1-22-17-5-3-2-4-14(17)9-18(21)20-10-13-6-7-15-11-19-12-16(15)8-13;/h2-8,19H,9-12H2,1H3,(H,20,21);1H. The summed E-state index contributed by atoms with van der Waals surface area (Å²) >= 11 is 0. The van der Waals surface area contributed by atoms with Crippen molar-refractivity contribution in [2.24, 2.45) is 0 Å². The maximum Gasteiger partial charge on any atom is 0.224 e. The van der Waals surface area contributed by atoms with Crippen LogP contribution in [0.2, 0.25) is 0 Å². The molecule has 0 aliphatic carbocycles. The number of rotatable bonds is 5. The van der Waals surface area contributed by atoms with Crippen molar-refractivity contribution in [3.05, 3.63) is 64.7 Å². The van der Waals surface area contributed by atoms with E-state index in [2.05, 4.69) is 28.8 Å². The van der Waals surface area contributed by atoms with Crippen molar-refractivity contribution in [1.82, 2.24) is 10.6 Å². The SMILES string of the molecule is COc1ccccc1CC(=O)NCc1ccc2c(c1)CNC2.Cl. The van der Waals surface area contributed by atoms with Crippen LogP contribution in [-0.2, 0) is 30.8 Å². The molecule has 122 valence electrons. The molecule has 1 heterocycles. The fourth-order valence-electron chi connectivity index (χ4n) is 2.74. The minimum absolute atomic E-state index is 0. The van der Waals surface area contributed by atoms with Crippen LogP contribution in [-0.4, -0.2) is 13.0 Å². The highest BCUT2D eigenvalue weighted by Gasteiger charge is 2.11. The molecule has 4 nitrogen and oxygen atoms in total. The predicted molar refractivity (Wildman–Crippen MR) is 92.8 cm³/mol. The molecule has 0 spiro atoms. The van der Waals surface area contributed by atoms with Gasteiger partial charge >= 0.3 is 0 Å². The molecule has 0 saturated heterocycles. The Bertz CT molecular complexity index is 688. The minimum atomic E-state index is 0. The van der Waals surface area contributed by atoms with Gasteiger partial charge in [-0.1, -0.05) is 36.4 Å². The van der Waals surface area contributed by atoms with Crippen molar-refractivity contribution in [1.29, 1.82) is 0 Å². The third-order valence-corrected chi connectivity index (χ3v) is 3.93. The number of amides is 1. The number of ether oxygens (including phenoxy) is 1. The summed E-state index contributed by atoms with van der Waals surface area (Å²) in [5.74, 6) is 0.754. The monoisotopic (exact) mass is 332 g/mol. The van der Waals surface area contributed by atoms with E-state index in [4.69, 9.17) is 4.74 Å². The number of halogens is 1. The molecular weight excluding hydrogens is 312 g/mol. The third kappa shape index (κ3) is 4.24. The summed E-state index contributed by atoms with van der Waals surface area (Å²) in [6.07, 6.45) is 0.330. The Morgan fingerprint density at radius 3 is 2.78 bits per heavy atom. The Morgan fingerprint density at radius 2 is 1.96 bits per heavy atom. The Morgan fingerprint density at radius 1 is 1.17 bits per heavy atom.